The van der Waals surface area contributed by atoms with Crippen LogP contribution in [-0.2, 0) is 3.07 Å². The van der Waals surface area contributed by atoms with E-state index in [1.54, 1.807) is 0 Å². The molecule has 73 valence electrons. The molecule has 0 bridgehead atoms. The molecule has 2 N–H and O–H groups in total. The van der Waals surface area contributed by atoms with Crippen LogP contribution in [0.4, 0.5) is 0 Å². The number of hydrogen-bond donors (Lipinski definition) is 0. The largest absolute Gasteiger partial charge is 0.412 e. The van der Waals surface area contributed by atoms with Gasteiger partial charge in [0, 0.05) is 0 Å². The average Bonchev–Trinajstić information content (AvgIpc) is 1.96. The molecule has 2 nitrogen and oxygen atoms in total. The summed E-state index contributed by atoms with van der Waals surface area (Å²) in [7, 11) is 4.82. The van der Waals surface area contributed by atoms with Crippen LogP contribution in [0.25, 0.3) is 0 Å². The Kier molecular flexibility index (Phi) is 15.3. The van der Waals surface area contributed by atoms with E-state index in [0.717, 1.165) is 12.5 Å². The van der Waals surface area contributed by atoms with Gasteiger partial charge in [0.05, 0.1) is 0 Å². The zero-order valence-electron chi connectivity index (χ0n) is 7.93. The molecule has 0 fully saturated rings. The fourth-order valence-corrected chi connectivity index (χ4v) is 2.15. The number of hydrogen-bond acceptors (Lipinski definition) is 2. The van der Waals surface area contributed by atoms with E-state index in [1.807, 2.05) is 0 Å². The molecule has 1 radical (unpaired) electrons. The van der Waals surface area contributed by atoms with Crippen molar-refractivity contribution in [2.24, 2.45) is 5.92 Å². The van der Waals surface area contributed by atoms with Gasteiger partial charge in [-0.3, -0.25) is 0 Å². The molecular formula is C8H19O2SSn. The van der Waals surface area contributed by atoms with E-state index in [1.165, 1.54) is 25.7 Å². The van der Waals surface area contributed by atoms with Crippen molar-refractivity contribution < 1.29 is 8.55 Å². The molecule has 0 amide bonds. The standard InChI is InChI=1S/C8H17O.H2O.S.Sn/c1-8(2)6-4-3-5-7-9;;;/h8H,3-7H2,1-2H3;1H2;;/q-1;;;+1. The maximum absolute atomic E-state index is 5.23. The van der Waals surface area contributed by atoms with Gasteiger partial charge in [-0.25, -0.2) is 0 Å². The smallest absolute Gasteiger partial charge is 0.412 e. The first-order chi connectivity index (χ1) is 5.27. The van der Waals surface area contributed by atoms with Gasteiger partial charge in [0.15, 0.2) is 0 Å². The molecule has 0 aromatic rings. The first-order valence-electron chi connectivity index (χ1n) is 4.26. The van der Waals surface area contributed by atoms with E-state index in [0.29, 0.717) is 0 Å². The zero-order valence-corrected chi connectivity index (χ0v) is 11.6. The second kappa shape index (κ2) is 11.9. The monoisotopic (exact) mass is 299 g/mol. The van der Waals surface area contributed by atoms with E-state index in [4.69, 9.17) is 12.4 Å². The predicted molar refractivity (Wildman–Crippen MR) is 56.2 cm³/mol. The minimum absolute atomic E-state index is 0. The predicted octanol–water partition coefficient (Wildman–Crippen LogP) is 2.13. The summed E-state index contributed by atoms with van der Waals surface area (Å²) >= 11 is -0.777. The zero-order chi connectivity index (χ0) is 8.53. The van der Waals surface area contributed by atoms with Gasteiger partial charge in [0.25, 0.3) is 0 Å². The van der Waals surface area contributed by atoms with Crippen LogP contribution in [0, 0.1) is 5.92 Å². The van der Waals surface area contributed by atoms with E-state index >= 15 is 0 Å². The molecule has 0 heterocycles. The van der Waals surface area contributed by atoms with Gasteiger partial charge in [0.2, 0.25) is 0 Å². The fraction of sp³-hybridized carbons (Fsp3) is 1.00. The Morgan fingerprint density at radius 3 is 2.42 bits per heavy atom. The van der Waals surface area contributed by atoms with Crippen molar-refractivity contribution in [2.75, 3.05) is 6.61 Å². The van der Waals surface area contributed by atoms with E-state index in [2.05, 4.69) is 13.8 Å². The molecule has 0 unspecified atom stereocenters. The van der Waals surface area contributed by atoms with E-state index in [9.17, 15) is 0 Å². The summed E-state index contributed by atoms with van der Waals surface area (Å²) in [6, 6.07) is 0. The molecular weight excluding hydrogens is 279 g/mol. The quantitative estimate of drug-likeness (QED) is 0.533. The second-order valence-corrected chi connectivity index (χ2v) is 5.59. The topological polar surface area (TPSA) is 40.7 Å². The Labute approximate surface area is 89.3 Å². The van der Waals surface area contributed by atoms with Crippen molar-refractivity contribution >= 4 is 28.9 Å². The van der Waals surface area contributed by atoms with Crippen molar-refractivity contribution in [3.63, 3.8) is 0 Å². The van der Waals surface area contributed by atoms with Crippen LogP contribution >= 0.6 is 9.29 Å². The Hall–Kier alpha value is 0.939. The molecule has 0 aliphatic heterocycles. The maximum Gasteiger partial charge on any atom is -0.412 e. The van der Waals surface area contributed by atoms with Crippen LogP contribution in [0.5, 0.6) is 0 Å². The van der Waals surface area contributed by atoms with Gasteiger partial charge in [0.1, 0.15) is 0 Å². The van der Waals surface area contributed by atoms with Crippen LogP contribution in [-0.4, -0.2) is 31.7 Å². The average molecular weight is 298 g/mol. The minimum Gasteiger partial charge on any atom is -0.412 e. The summed E-state index contributed by atoms with van der Waals surface area (Å²) in [6.45, 7) is 5.47. The van der Waals surface area contributed by atoms with Crippen LogP contribution in [0.3, 0.4) is 0 Å². The Morgan fingerprint density at radius 2 is 1.92 bits per heavy atom. The van der Waals surface area contributed by atoms with Crippen molar-refractivity contribution in [3.05, 3.63) is 0 Å². The van der Waals surface area contributed by atoms with Crippen LogP contribution in [0.2, 0.25) is 0 Å². The molecule has 4 heteroatoms. The Morgan fingerprint density at radius 1 is 1.25 bits per heavy atom. The van der Waals surface area contributed by atoms with Crippen LogP contribution < -0.4 is 0 Å². The minimum atomic E-state index is -0.777. The summed E-state index contributed by atoms with van der Waals surface area (Å²) in [5, 5.41) is 0. The second-order valence-electron chi connectivity index (χ2n) is 3.17. The van der Waals surface area contributed by atoms with Gasteiger partial charge in [-0.2, -0.15) is 0 Å². The molecule has 0 aliphatic carbocycles. The summed E-state index contributed by atoms with van der Waals surface area (Å²) in [4.78, 5) is 0. The molecule has 0 rings (SSSR count). The van der Waals surface area contributed by atoms with E-state index < -0.39 is 19.6 Å². The first-order valence-corrected chi connectivity index (χ1v) is 9.33. The molecule has 0 saturated heterocycles. The summed E-state index contributed by atoms with van der Waals surface area (Å²) in [5.74, 6) is 0.853. The third-order valence-corrected chi connectivity index (χ3v) is 3.30. The summed E-state index contributed by atoms with van der Waals surface area (Å²) in [6.07, 6.45) is 5.23. The first kappa shape index (κ1) is 15.4. The van der Waals surface area contributed by atoms with Crippen molar-refractivity contribution in [2.45, 2.75) is 39.5 Å². The Balaban J connectivity index is 0. The van der Waals surface area contributed by atoms with Crippen molar-refractivity contribution in [1.29, 1.82) is 0 Å². The molecule has 0 aromatic heterocycles. The van der Waals surface area contributed by atoms with Crippen molar-refractivity contribution in [1.82, 2.24) is 0 Å². The SMILES string of the molecule is CC(C)CCCCC[O][Sn]=[S].O. The summed E-state index contributed by atoms with van der Waals surface area (Å²) in [5.41, 5.74) is 0. The van der Waals surface area contributed by atoms with Gasteiger partial charge < -0.3 is 5.48 Å². The van der Waals surface area contributed by atoms with Crippen molar-refractivity contribution in [3.8, 4) is 0 Å². The third kappa shape index (κ3) is 13.5. The number of unbranched alkanes of at least 4 members (excludes halogenated alkanes) is 2. The van der Waals surface area contributed by atoms with Gasteiger partial charge in [-0.1, -0.05) is 0 Å². The molecule has 0 aliphatic rings. The third-order valence-electron chi connectivity index (χ3n) is 1.59. The number of rotatable bonds is 7. The maximum atomic E-state index is 5.23. The van der Waals surface area contributed by atoms with E-state index in [-0.39, 0.29) is 5.48 Å². The summed E-state index contributed by atoms with van der Waals surface area (Å²) < 4.78 is 5.23. The molecule has 0 spiro atoms. The normalized spacial score (nSPS) is 9.58. The molecule has 12 heavy (non-hydrogen) atoms. The molecule has 0 aromatic carbocycles. The van der Waals surface area contributed by atoms with Crippen LogP contribution in [0.1, 0.15) is 39.5 Å². The Bertz CT molecular complexity index is 99.1. The fourth-order valence-electron chi connectivity index (χ4n) is 0.945. The molecule has 0 atom stereocenters. The van der Waals surface area contributed by atoms with Crippen LogP contribution in [0.15, 0.2) is 0 Å². The molecule has 0 saturated carbocycles. The van der Waals surface area contributed by atoms with Gasteiger partial charge in [-0.05, 0) is 0 Å². The van der Waals surface area contributed by atoms with Gasteiger partial charge >= 0.3 is 84.0 Å². The van der Waals surface area contributed by atoms with Gasteiger partial charge in [-0.15, -0.1) is 0 Å².